The van der Waals surface area contributed by atoms with Crippen LogP contribution in [-0.4, -0.2) is 30.6 Å². The van der Waals surface area contributed by atoms with Crippen molar-refractivity contribution in [2.45, 2.75) is 38.6 Å². The summed E-state index contributed by atoms with van der Waals surface area (Å²) in [6, 6.07) is 8.60. The minimum atomic E-state index is 0.371. The van der Waals surface area contributed by atoms with Crippen molar-refractivity contribution in [2.75, 3.05) is 30.7 Å². The zero-order valence-corrected chi connectivity index (χ0v) is 12.2. The van der Waals surface area contributed by atoms with Gasteiger partial charge in [0.05, 0.1) is 12.5 Å². The Labute approximate surface area is 121 Å². The zero-order chi connectivity index (χ0) is 14.4. The van der Waals surface area contributed by atoms with Crippen LogP contribution in [-0.2, 0) is 6.42 Å². The van der Waals surface area contributed by atoms with E-state index in [4.69, 9.17) is 11.0 Å². The van der Waals surface area contributed by atoms with Crippen molar-refractivity contribution >= 4 is 11.4 Å². The van der Waals surface area contributed by atoms with Crippen LogP contribution in [0.1, 0.15) is 31.7 Å². The predicted octanol–water partition coefficient (Wildman–Crippen LogP) is 2.62. The number of hydrogen-bond donors (Lipinski definition) is 2. The van der Waals surface area contributed by atoms with E-state index in [1.165, 1.54) is 38.9 Å². The molecular weight excluding hydrogens is 248 g/mol. The predicted molar refractivity (Wildman–Crippen MR) is 83.5 cm³/mol. The molecule has 0 amide bonds. The Hall–Kier alpha value is -1.73. The molecule has 4 heteroatoms. The lowest BCUT2D eigenvalue weighted by molar-refractivity contribution is 0.219. The summed E-state index contributed by atoms with van der Waals surface area (Å²) in [5.74, 6) is 0. The second-order valence-corrected chi connectivity index (χ2v) is 5.51. The van der Waals surface area contributed by atoms with E-state index in [9.17, 15) is 0 Å². The highest BCUT2D eigenvalue weighted by Crippen LogP contribution is 2.21. The van der Waals surface area contributed by atoms with Gasteiger partial charge in [0, 0.05) is 30.5 Å². The molecule has 1 saturated heterocycles. The Balaban J connectivity index is 1.91. The van der Waals surface area contributed by atoms with Gasteiger partial charge in [-0.05, 0) is 49.6 Å². The molecule has 0 bridgehead atoms. The van der Waals surface area contributed by atoms with Crippen molar-refractivity contribution in [3.8, 4) is 6.07 Å². The highest BCUT2D eigenvalue weighted by molar-refractivity contribution is 5.58. The molecule has 1 aliphatic heterocycles. The number of nitrogens with two attached hydrogens (primary N) is 1. The molecule has 108 valence electrons. The Morgan fingerprint density at radius 2 is 2.15 bits per heavy atom. The molecule has 4 nitrogen and oxygen atoms in total. The van der Waals surface area contributed by atoms with E-state index in [-0.39, 0.29) is 0 Å². The number of benzene rings is 1. The molecule has 0 aliphatic carbocycles. The van der Waals surface area contributed by atoms with Crippen LogP contribution in [0.5, 0.6) is 0 Å². The molecule has 0 radical (unpaired) electrons. The first-order chi connectivity index (χ1) is 9.72. The normalized spacial score (nSPS) is 16.8. The van der Waals surface area contributed by atoms with Crippen molar-refractivity contribution < 1.29 is 0 Å². The number of nitrogen functional groups attached to an aromatic ring is 1. The number of rotatable bonds is 5. The van der Waals surface area contributed by atoms with Crippen molar-refractivity contribution in [1.29, 1.82) is 5.26 Å². The molecule has 20 heavy (non-hydrogen) atoms. The third kappa shape index (κ3) is 3.88. The van der Waals surface area contributed by atoms with Gasteiger partial charge in [0.25, 0.3) is 0 Å². The molecule has 0 aromatic heterocycles. The van der Waals surface area contributed by atoms with E-state index in [1.54, 1.807) is 0 Å². The van der Waals surface area contributed by atoms with E-state index in [2.05, 4.69) is 23.2 Å². The number of likely N-dealkylation sites (tertiary alicyclic amines) is 1. The van der Waals surface area contributed by atoms with Gasteiger partial charge in [0.2, 0.25) is 0 Å². The van der Waals surface area contributed by atoms with Gasteiger partial charge in [-0.15, -0.1) is 0 Å². The summed E-state index contributed by atoms with van der Waals surface area (Å²) < 4.78 is 0. The fraction of sp³-hybridized carbons (Fsp3) is 0.562. The molecule has 3 N–H and O–H groups in total. The average Bonchev–Trinajstić information content (AvgIpc) is 2.45. The van der Waals surface area contributed by atoms with Gasteiger partial charge in [-0.25, -0.2) is 0 Å². The quantitative estimate of drug-likeness (QED) is 0.809. The third-order valence-corrected chi connectivity index (χ3v) is 3.91. The Morgan fingerprint density at radius 3 is 2.80 bits per heavy atom. The maximum absolute atomic E-state index is 8.80. The van der Waals surface area contributed by atoms with Crippen molar-refractivity contribution in [1.82, 2.24) is 4.90 Å². The number of piperidine rings is 1. The second-order valence-electron chi connectivity index (χ2n) is 5.51. The fourth-order valence-electron chi connectivity index (χ4n) is 2.79. The van der Waals surface area contributed by atoms with Crippen LogP contribution in [0.4, 0.5) is 11.4 Å². The van der Waals surface area contributed by atoms with Gasteiger partial charge in [-0.1, -0.05) is 6.92 Å². The Kier molecular flexibility index (Phi) is 5.25. The number of nitrogens with zero attached hydrogens (tertiary/aromatic N) is 2. The van der Waals surface area contributed by atoms with Crippen LogP contribution < -0.4 is 11.1 Å². The number of hydrogen-bond acceptors (Lipinski definition) is 4. The molecule has 0 saturated carbocycles. The molecule has 0 spiro atoms. The van der Waals surface area contributed by atoms with Gasteiger partial charge in [0.1, 0.15) is 0 Å². The summed E-state index contributed by atoms with van der Waals surface area (Å²) in [6.07, 6.45) is 3.96. The Bertz CT molecular complexity index is 470. The van der Waals surface area contributed by atoms with Crippen LogP contribution in [0.15, 0.2) is 18.2 Å². The summed E-state index contributed by atoms with van der Waals surface area (Å²) in [7, 11) is 0. The minimum Gasteiger partial charge on any atom is -0.398 e. The lowest BCUT2D eigenvalue weighted by atomic mass is 10.0. The van der Waals surface area contributed by atoms with Crippen LogP contribution >= 0.6 is 0 Å². The molecular formula is C16H24N4. The molecule has 1 heterocycles. The monoisotopic (exact) mass is 272 g/mol. The topological polar surface area (TPSA) is 65.1 Å². The Morgan fingerprint density at radius 1 is 1.40 bits per heavy atom. The van der Waals surface area contributed by atoms with Crippen molar-refractivity contribution in [3.05, 3.63) is 23.8 Å². The van der Waals surface area contributed by atoms with Crippen LogP contribution in [0, 0.1) is 11.3 Å². The van der Waals surface area contributed by atoms with Gasteiger partial charge >= 0.3 is 0 Å². The van der Waals surface area contributed by atoms with Gasteiger partial charge in [-0.3, -0.25) is 0 Å². The lowest BCUT2D eigenvalue weighted by Gasteiger charge is -2.32. The number of nitriles is 1. The summed E-state index contributed by atoms with van der Waals surface area (Å²) in [6.45, 7) is 5.79. The molecule has 2 rings (SSSR count). The SMILES string of the molecule is CCCN1CCC(Nc2ccc(N)c(CC#N)c2)CC1. The van der Waals surface area contributed by atoms with Crippen LogP contribution in [0.25, 0.3) is 0 Å². The van der Waals surface area contributed by atoms with Gasteiger partial charge in [0.15, 0.2) is 0 Å². The largest absolute Gasteiger partial charge is 0.398 e. The van der Waals surface area contributed by atoms with Crippen molar-refractivity contribution in [2.24, 2.45) is 0 Å². The highest BCUT2D eigenvalue weighted by Gasteiger charge is 2.18. The minimum absolute atomic E-state index is 0.371. The van der Waals surface area contributed by atoms with Crippen LogP contribution in [0.3, 0.4) is 0 Å². The number of nitrogens with one attached hydrogen (secondary N) is 1. The molecule has 1 fully saturated rings. The van der Waals surface area contributed by atoms with E-state index in [0.717, 1.165) is 11.3 Å². The van der Waals surface area contributed by atoms with E-state index in [1.807, 2.05) is 18.2 Å². The highest BCUT2D eigenvalue weighted by atomic mass is 15.1. The molecule has 0 atom stereocenters. The summed E-state index contributed by atoms with van der Waals surface area (Å²) >= 11 is 0. The second kappa shape index (κ2) is 7.16. The fourth-order valence-corrected chi connectivity index (χ4v) is 2.79. The van der Waals surface area contributed by atoms with Crippen molar-refractivity contribution in [3.63, 3.8) is 0 Å². The van der Waals surface area contributed by atoms with E-state index >= 15 is 0 Å². The lowest BCUT2D eigenvalue weighted by Crippen LogP contribution is -2.39. The van der Waals surface area contributed by atoms with Crippen LogP contribution in [0.2, 0.25) is 0 Å². The molecule has 0 unspecified atom stereocenters. The first kappa shape index (κ1) is 14.7. The number of anilines is 2. The van der Waals surface area contributed by atoms with Gasteiger partial charge < -0.3 is 16.0 Å². The molecule has 1 aliphatic rings. The molecule has 1 aromatic rings. The first-order valence-electron chi connectivity index (χ1n) is 7.47. The standard InChI is InChI=1S/C16H24N4/c1-2-9-20-10-6-14(7-11-20)19-15-3-4-16(18)13(12-15)5-8-17/h3-4,12,14,19H,2,5-7,9-11,18H2,1H3. The van der Waals surface area contributed by atoms with E-state index in [0.29, 0.717) is 18.2 Å². The first-order valence-corrected chi connectivity index (χ1v) is 7.47. The zero-order valence-electron chi connectivity index (χ0n) is 12.2. The maximum Gasteiger partial charge on any atom is 0.0670 e. The summed E-state index contributed by atoms with van der Waals surface area (Å²) in [4.78, 5) is 2.53. The third-order valence-electron chi connectivity index (χ3n) is 3.91. The summed E-state index contributed by atoms with van der Waals surface area (Å²) in [5, 5.41) is 12.4. The van der Waals surface area contributed by atoms with E-state index < -0.39 is 0 Å². The van der Waals surface area contributed by atoms with Gasteiger partial charge in [-0.2, -0.15) is 5.26 Å². The smallest absolute Gasteiger partial charge is 0.0670 e. The summed E-state index contributed by atoms with van der Waals surface area (Å²) in [5.41, 5.74) is 8.58. The molecule has 1 aromatic carbocycles. The average molecular weight is 272 g/mol. The maximum atomic E-state index is 8.80.